The zero-order valence-electron chi connectivity index (χ0n) is 9.93. The van der Waals surface area contributed by atoms with Gasteiger partial charge in [0.25, 0.3) is 10.0 Å². The van der Waals surface area contributed by atoms with Gasteiger partial charge in [-0.25, -0.2) is 17.6 Å². The Bertz CT molecular complexity index is 820. The number of furan rings is 1. The Kier molecular flexibility index (Phi) is 4.26. The fourth-order valence-electron chi connectivity index (χ4n) is 1.42. The maximum atomic E-state index is 13.7. The molecule has 0 spiro atoms. The number of carboxylic acids is 1. The molecule has 1 aromatic carbocycles. The predicted octanol–water partition coefficient (Wildman–Crippen LogP) is 3.33. The van der Waals surface area contributed by atoms with Crippen molar-refractivity contribution >= 4 is 49.2 Å². The van der Waals surface area contributed by atoms with Gasteiger partial charge in [-0.05, 0) is 28.1 Å². The van der Waals surface area contributed by atoms with Crippen LogP contribution in [0.5, 0.6) is 0 Å². The summed E-state index contributed by atoms with van der Waals surface area (Å²) in [6.45, 7) is 0. The van der Waals surface area contributed by atoms with Gasteiger partial charge in [-0.15, -0.1) is 0 Å². The molecule has 21 heavy (non-hydrogen) atoms. The molecule has 0 saturated carbocycles. The van der Waals surface area contributed by atoms with Crippen molar-refractivity contribution in [2.45, 2.75) is 4.90 Å². The van der Waals surface area contributed by atoms with E-state index < -0.39 is 32.5 Å². The van der Waals surface area contributed by atoms with E-state index >= 15 is 0 Å². The second-order valence-electron chi connectivity index (χ2n) is 3.76. The Morgan fingerprint density at radius 1 is 1.43 bits per heavy atom. The number of sulfonamides is 1. The van der Waals surface area contributed by atoms with Crippen molar-refractivity contribution in [2.75, 3.05) is 4.72 Å². The molecule has 0 aliphatic carbocycles. The Balaban J connectivity index is 2.43. The second-order valence-corrected chi connectivity index (χ2v) is 6.54. The summed E-state index contributed by atoms with van der Waals surface area (Å²) in [5.74, 6) is -2.96. The Labute approximate surface area is 131 Å². The molecule has 0 aliphatic heterocycles. The van der Waals surface area contributed by atoms with E-state index in [9.17, 15) is 17.6 Å². The van der Waals surface area contributed by atoms with Crippen LogP contribution in [-0.2, 0) is 10.0 Å². The van der Waals surface area contributed by atoms with Gasteiger partial charge in [-0.2, -0.15) is 0 Å². The van der Waals surface area contributed by atoms with Crippen LogP contribution < -0.4 is 4.72 Å². The molecule has 2 N–H and O–H groups in total. The lowest BCUT2D eigenvalue weighted by Crippen LogP contribution is -2.14. The maximum absolute atomic E-state index is 13.7. The SMILES string of the molecule is O=C(O)c1cc(S(=O)(=O)Nc2cccc(Cl)c2F)c(Br)o1. The molecule has 10 heteroatoms. The highest BCUT2D eigenvalue weighted by atomic mass is 79.9. The van der Waals surface area contributed by atoms with Gasteiger partial charge in [-0.1, -0.05) is 17.7 Å². The van der Waals surface area contributed by atoms with Gasteiger partial charge in [0.15, 0.2) is 10.5 Å². The van der Waals surface area contributed by atoms with E-state index in [2.05, 4.69) is 15.9 Å². The van der Waals surface area contributed by atoms with E-state index in [0.717, 1.165) is 6.07 Å². The normalized spacial score (nSPS) is 11.4. The van der Waals surface area contributed by atoms with Crippen molar-refractivity contribution < 1.29 is 27.1 Å². The number of aromatic carboxylic acids is 1. The van der Waals surface area contributed by atoms with Crippen LogP contribution in [0, 0.1) is 5.82 Å². The van der Waals surface area contributed by atoms with Gasteiger partial charge in [-0.3, -0.25) is 4.72 Å². The van der Waals surface area contributed by atoms with Gasteiger partial charge in [0.2, 0.25) is 5.76 Å². The highest BCUT2D eigenvalue weighted by Gasteiger charge is 2.26. The molecular weight excluding hydrogens is 393 g/mol. The van der Waals surface area contributed by atoms with Gasteiger partial charge in [0, 0.05) is 6.07 Å². The van der Waals surface area contributed by atoms with Crippen molar-refractivity contribution in [3.05, 3.63) is 45.5 Å². The predicted molar refractivity (Wildman–Crippen MR) is 75.6 cm³/mol. The molecule has 1 heterocycles. The molecule has 0 amide bonds. The zero-order valence-corrected chi connectivity index (χ0v) is 13.1. The van der Waals surface area contributed by atoms with Crippen molar-refractivity contribution in [3.63, 3.8) is 0 Å². The fourth-order valence-corrected chi connectivity index (χ4v) is 3.60. The molecule has 1 aromatic heterocycles. The minimum atomic E-state index is -4.25. The van der Waals surface area contributed by atoms with E-state index in [1.54, 1.807) is 0 Å². The van der Waals surface area contributed by atoms with E-state index in [1.807, 2.05) is 4.72 Å². The second kappa shape index (κ2) is 5.66. The number of nitrogens with one attached hydrogen (secondary N) is 1. The molecule has 0 aliphatic rings. The smallest absolute Gasteiger partial charge is 0.371 e. The minimum Gasteiger partial charge on any atom is -0.475 e. The summed E-state index contributed by atoms with van der Waals surface area (Å²) in [6.07, 6.45) is 0. The van der Waals surface area contributed by atoms with Crippen molar-refractivity contribution in [2.24, 2.45) is 0 Å². The summed E-state index contributed by atoms with van der Waals surface area (Å²) >= 11 is 8.35. The van der Waals surface area contributed by atoms with Gasteiger partial charge >= 0.3 is 5.97 Å². The molecule has 6 nitrogen and oxygen atoms in total. The highest BCUT2D eigenvalue weighted by Crippen LogP contribution is 2.29. The lowest BCUT2D eigenvalue weighted by atomic mass is 10.3. The fraction of sp³-hybridized carbons (Fsp3) is 0. The van der Waals surface area contributed by atoms with Crippen molar-refractivity contribution in [1.29, 1.82) is 0 Å². The van der Waals surface area contributed by atoms with Crippen molar-refractivity contribution in [1.82, 2.24) is 0 Å². The van der Waals surface area contributed by atoms with Crippen molar-refractivity contribution in [3.8, 4) is 0 Å². The standard InChI is InChI=1S/C11H6BrClFNO5S/c12-10-8(4-7(20-10)11(16)17)21(18,19)15-6-3-1-2-5(13)9(6)14/h1-4,15H,(H,16,17). The Morgan fingerprint density at radius 3 is 2.67 bits per heavy atom. The van der Waals surface area contributed by atoms with Crippen LogP contribution in [0.3, 0.4) is 0 Å². The Morgan fingerprint density at radius 2 is 2.10 bits per heavy atom. The van der Waals surface area contributed by atoms with E-state index in [-0.39, 0.29) is 15.4 Å². The number of rotatable bonds is 4. The average molecular weight is 399 g/mol. The van der Waals surface area contributed by atoms with Crippen LogP contribution in [0.15, 0.2) is 38.2 Å². The first-order valence-electron chi connectivity index (χ1n) is 5.22. The van der Waals surface area contributed by atoms with Crippen LogP contribution in [0.4, 0.5) is 10.1 Å². The van der Waals surface area contributed by atoms with Gasteiger partial charge in [0.1, 0.15) is 4.90 Å². The number of hydrogen-bond acceptors (Lipinski definition) is 4. The first-order chi connectivity index (χ1) is 9.72. The number of benzene rings is 1. The summed E-state index contributed by atoms with van der Waals surface area (Å²) in [6, 6.07) is 4.59. The lowest BCUT2D eigenvalue weighted by molar-refractivity contribution is 0.0661. The number of halogens is 3. The third-order valence-corrected chi connectivity index (χ3v) is 4.87. The highest BCUT2D eigenvalue weighted by molar-refractivity contribution is 9.10. The number of carbonyl (C=O) groups is 1. The van der Waals surface area contributed by atoms with E-state index in [0.29, 0.717) is 0 Å². The quantitative estimate of drug-likeness (QED) is 0.823. The molecule has 2 rings (SSSR count). The molecule has 112 valence electrons. The van der Waals surface area contributed by atoms with E-state index in [1.165, 1.54) is 18.2 Å². The van der Waals surface area contributed by atoms with Crippen LogP contribution in [0.1, 0.15) is 10.6 Å². The molecule has 0 radical (unpaired) electrons. The molecule has 0 unspecified atom stereocenters. The average Bonchev–Trinajstić information content (AvgIpc) is 2.78. The number of carboxylic acid groups (broad SMARTS) is 1. The summed E-state index contributed by atoms with van der Waals surface area (Å²) < 4.78 is 44.3. The zero-order chi connectivity index (χ0) is 15.8. The first-order valence-corrected chi connectivity index (χ1v) is 7.87. The topological polar surface area (TPSA) is 96.6 Å². The Hall–Kier alpha value is -1.58. The molecule has 2 aromatic rings. The third kappa shape index (κ3) is 3.20. The van der Waals surface area contributed by atoms with Crippen LogP contribution >= 0.6 is 27.5 Å². The van der Waals surface area contributed by atoms with Crippen LogP contribution in [-0.4, -0.2) is 19.5 Å². The molecule has 0 saturated heterocycles. The maximum Gasteiger partial charge on any atom is 0.371 e. The summed E-state index contributed by atoms with van der Waals surface area (Å²) in [5.41, 5.74) is -0.368. The minimum absolute atomic E-state index is 0.257. The molecule has 0 fully saturated rings. The largest absolute Gasteiger partial charge is 0.475 e. The van der Waals surface area contributed by atoms with Crippen LogP contribution in [0.25, 0.3) is 0 Å². The van der Waals surface area contributed by atoms with Crippen LogP contribution in [0.2, 0.25) is 5.02 Å². The third-order valence-electron chi connectivity index (χ3n) is 2.35. The number of anilines is 1. The summed E-state index contributed by atoms with van der Waals surface area (Å²) in [5, 5.41) is 8.49. The molecular formula is C11H6BrClFNO5S. The molecule has 0 bridgehead atoms. The van der Waals surface area contributed by atoms with Gasteiger partial charge < -0.3 is 9.52 Å². The number of hydrogen-bond donors (Lipinski definition) is 2. The summed E-state index contributed by atoms with van der Waals surface area (Å²) in [4.78, 5) is 10.3. The van der Waals surface area contributed by atoms with Gasteiger partial charge in [0.05, 0.1) is 10.7 Å². The first kappa shape index (κ1) is 15.8. The lowest BCUT2D eigenvalue weighted by Gasteiger charge is -2.08. The summed E-state index contributed by atoms with van der Waals surface area (Å²) in [7, 11) is -4.25. The monoisotopic (exact) mass is 397 g/mol. The van der Waals surface area contributed by atoms with E-state index in [4.69, 9.17) is 21.1 Å². The molecule has 0 atom stereocenters.